The van der Waals surface area contributed by atoms with Crippen molar-refractivity contribution in [3.8, 4) is 5.75 Å². The van der Waals surface area contributed by atoms with Crippen molar-refractivity contribution in [2.45, 2.75) is 20.3 Å². The minimum absolute atomic E-state index is 0.542. The van der Waals surface area contributed by atoms with Crippen LogP contribution in [0.25, 0.3) is 0 Å². The first-order valence-electron chi connectivity index (χ1n) is 6.43. The minimum Gasteiger partial charge on any atom is -0.489 e. The molecule has 0 amide bonds. The molecule has 5 heteroatoms. The van der Waals surface area contributed by atoms with Gasteiger partial charge in [-0.25, -0.2) is 0 Å². The Morgan fingerprint density at radius 2 is 1.79 bits per heavy atom. The van der Waals surface area contributed by atoms with Gasteiger partial charge in [0.25, 0.3) is 0 Å². The van der Waals surface area contributed by atoms with E-state index in [0.29, 0.717) is 25.7 Å². The Kier molecular flexibility index (Phi) is 7.99. The van der Waals surface area contributed by atoms with Crippen LogP contribution >= 0.6 is 31.9 Å². The smallest absolute Gasteiger partial charge is 0.147 e. The SMILES string of the molecule is CC(C)COCCOc1c(Br)cc(CCN)cc1Br. The number of halogens is 2. The van der Waals surface area contributed by atoms with Gasteiger partial charge >= 0.3 is 0 Å². The molecule has 2 N–H and O–H groups in total. The van der Waals surface area contributed by atoms with E-state index in [1.807, 2.05) is 12.1 Å². The van der Waals surface area contributed by atoms with Crippen molar-refractivity contribution in [3.05, 3.63) is 26.6 Å². The quantitative estimate of drug-likeness (QED) is 0.682. The second-order valence-corrected chi connectivity index (χ2v) is 6.45. The molecule has 0 aliphatic rings. The van der Waals surface area contributed by atoms with E-state index in [9.17, 15) is 0 Å². The van der Waals surface area contributed by atoms with Crippen molar-refractivity contribution in [2.75, 3.05) is 26.4 Å². The molecule has 0 saturated heterocycles. The molecule has 0 aliphatic carbocycles. The highest BCUT2D eigenvalue weighted by Crippen LogP contribution is 2.34. The highest BCUT2D eigenvalue weighted by Gasteiger charge is 2.09. The number of nitrogens with two attached hydrogens (primary N) is 1. The van der Waals surface area contributed by atoms with Crippen molar-refractivity contribution in [3.63, 3.8) is 0 Å². The highest BCUT2D eigenvalue weighted by atomic mass is 79.9. The van der Waals surface area contributed by atoms with Crippen LogP contribution < -0.4 is 10.5 Å². The Hall–Kier alpha value is -0.100. The first-order valence-corrected chi connectivity index (χ1v) is 8.01. The molecule has 0 heterocycles. The van der Waals surface area contributed by atoms with E-state index in [1.54, 1.807) is 0 Å². The van der Waals surface area contributed by atoms with Crippen LogP contribution in [0.1, 0.15) is 19.4 Å². The third kappa shape index (κ3) is 6.25. The van der Waals surface area contributed by atoms with Crippen LogP contribution in [0.15, 0.2) is 21.1 Å². The number of benzene rings is 1. The number of rotatable bonds is 8. The summed E-state index contributed by atoms with van der Waals surface area (Å²) in [4.78, 5) is 0. The molecule has 3 nitrogen and oxygen atoms in total. The summed E-state index contributed by atoms with van der Waals surface area (Å²) in [6.45, 7) is 6.80. The van der Waals surface area contributed by atoms with E-state index in [0.717, 1.165) is 27.7 Å². The number of hydrogen-bond acceptors (Lipinski definition) is 3. The van der Waals surface area contributed by atoms with Gasteiger partial charge in [0.15, 0.2) is 0 Å². The van der Waals surface area contributed by atoms with Crippen LogP contribution in [0, 0.1) is 5.92 Å². The second-order valence-electron chi connectivity index (χ2n) is 4.74. The predicted molar refractivity (Wildman–Crippen MR) is 85.8 cm³/mol. The summed E-state index contributed by atoms with van der Waals surface area (Å²) in [6, 6.07) is 4.09. The molecular weight excluding hydrogens is 374 g/mol. The van der Waals surface area contributed by atoms with E-state index in [-0.39, 0.29) is 0 Å². The molecule has 1 rings (SSSR count). The molecule has 0 spiro atoms. The second kappa shape index (κ2) is 8.95. The summed E-state index contributed by atoms with van der Waals surface area (Å²) in [6.07, 6.45) is 0.856. The normalized spacial score (nSPS) is 11.1. The largest absolute Gasteiger partial charge is 0.489 e. The Balaban J connectivity index is 2.49. The fourth-order valence-corrected chi connectivity index (χ4v) is 3.09. The molecule has 0 radical (unpaired) electrons. The van der Waals surface area contributed by atoms with Crippen LogP contribution in [0.3, 0.4) is 0 Å². The average Bonchev–Trinajstić information content (AvgIpc) is 2.31. The predicted octanol–water partition coefficient (Wildman–Crippen LogP) is 3.76. The van der Waals surface area contributed by atoms with Gasteiger partial charge in [-0.2, -0.15) is 0 Å². The van der Waals surface area contributed by atoms with Gasteiger partial charge in [-0.3, -0.25) is 0 Å². The monoisotopic (exact) mass is 393 g/mol. The van der Waals surface area contributed by atoms with Crippen molar-refractivity contribution in [2.24, 2.45) is 11.7 Å². The minimum atomic E-state index is 0.542. The maximum atomic E-state index is 5.73. The fraction of sp³-hybridized carbons (Fsp3) is 0.571. The number of hydrogen-bond donors (Lipinski definition) is 1. The molecule has 0 aromatic heterocycles. The van der Waals surface area contributed by atoms with Crippen molar-refractivity contribution in [1.82, 2.24) is 0 Å². The van der Waals surface area contributed by atoms with Crippen LogP contribution in [0.2, 0.25) is 0 Å². The molecule has 1 aromatic carbocycles. The highest BCUT2D eigenvalue weighted by molar-refractivity contribution is 9.11. The topological polar surface area (TPSA) is 44.5 Å². The summed E-state index contributed by atoms with van der Waals surface area (Å²) in [5.41, 5.74) is 6.74. The first-order chi connectivity index (χ1) is 9.04. The third-order valence-electron chi connectivity index (χ3n) is 2.42. The number of ether oxygens (including phenoxy) is 2. The van der Waals surface area contributed by atoms with Gasteiger partial charge in [0, 0.05) is 6.61 Å². The van der Waals surface area contributed by atoms with Crippen LogP contribution in [0.4, 0.5) is 0 Å². The molecule has 108 valence electrons. The van der Waals surface area contributed by atoms with Gasteiger partial charge in [0.1, 0.15) is 12.4 Å². The maximum Gasteiger partial charge on any atom is 0.147 e. The average molecular weight is 395 g/mol. The zero-order valence-electron chi connectivity index (χ0n) is 11.4. The lowest BCUT2D eigenvalue weighted by atomic mass is 10.1. The zero-order valence-corrected chi connectivity index (χ0v) is 14.6. The summed E-state index contributed by atoms with van der Waals surface area (Å²) in [5, 5.41) is 0. The lowest BCUT2D eigenvalue weighted by molar-refractivity contribution is 0.0815. The van der Waals surface area contributed by atoms with E-state index < -0.39 is 0 Å². The van der Waals surface area contributed by atoms with E-state index in [2.05, 4.69) is 45.7 Å². The van der Waals surface area contributed by atoms with Gasteiger partial charge in [-0.15, -0.1) is 0 Å². The Bertz CT molecular complexity index is 374. The Morgan fingerprint density at radius 1 is 1.16 bits per heavy atom. The molecule has 0 unspecified atom stereocenters. The van der Waals surface area contributed by atoms with E-state index in [4.69, 9.17) is 15.2 Å². The molecule has 1 aromatic rings. The van der Waals surface area contributed by atoms with Crippen molar-refractivity contribution < 1.29 is 9.47 Å². The maximum absolute atomic E-state index is 5.73. The standard InChI is InChI=1S/C14H21Br2NO2/c1-10(2)9-18-5-6-19-14-12(15)7-11(3-4-17)8-13(14)16/h7-8,10H,3-6,9,17H2,1-2H3. The van der Waals surface area contributed by atoms with Crippen molar-refractivity contribution in [1.29, 1.82) is 0 Å². The van der Waals surface area contributed by atoms with Crippen LogP contribution in [-0.2, 0) is 11.2 Å². The van der Waals surface area contributed by atoms with Gasteiger partial charge < -0.3 is 15.2 Å². The van der Waals surface area contributed by atoms with E-state index in [1.165, 1.54) is 5.56 Å². The summed E-state index contributed by atoms with van der Waals surface area (Å²) in [5.74, 6) is 1.36. The molecule has 0 aliphatic heterocycles. The fourth-order valence-electron chi connectivity index (χ4n) is 1.58. The third-order valence-corrected chi connectivity index (χ3v) is 3.59. The van der Waals surface area contributed by atoms with Gasteiger partial charge in [-0.05, 0) is 68.4 Å². The molecule has 0 atom stereocenters. The van der Waals surface area contributed by atoms with Gasteiger partial charge in [0.05, 0.1) is 15.6 Å². The molecule has 19 heavy (non-hydrogen) atoms. The first kappa shape index (κ1) is 17.0. The lowest BCUT2D eigenvalue weighted by Gasteiger charge is -2.13. The molecule has 0 saturated carbocycles. The molecular formula is C14H21Br2NO2. The lowest BCUT2D eigenvalue weighted by Crippen LogP contribution is -2.11. The van der Waals surface area contributed by atoms with E-state index >= 15 is 0 Å². The van der Waals surface area contributed by atoms with Gasteiger partial charge in [0.2, 0.25) is 0 Å². The Morgan fingerprint density at radius 3 is 2.32 bits per heavy atom. The zero-order chi connectivity index (χ0) is 14.3. The molecule has 0 fully saturated rings. The van der Waals surface area contributed by atoms with Crippen LogP contribution in [0.5, 0.6) is 5.75 Å². The summed E-state index contributed by atoms with van der Waals surface area (Å²) < 4.78 is 13.1. The van der Waals surface area contributed by atoms with Gasteiger partial charge in [-0.1, -0.05) is 13.8 Å². The van der Waals surface area contributed by atoms with Crippen molar-refractivity contribution >= 4 is 31.9 Å². The molecule has 0 bridgehead atoms. The Labute approximate surface area is 132 Å². The van der Waals surface area contributed by atoms with Crippen LogP contribution in [-0.4, -0.2) is 26.4 Å². The summed E-state index contributed by atoms with van der Waals surface area (Å²) in [7, 11) is 0. The summed E-state index contributed by atoms with van der Waals surface area (Å²) >= 11 is 7.05.